The number of anilines is 2. The molecule has 8 nitrogen and oxygen atoms in total. The molecule has 0 radical (unpaired) electrons. The molecule has 158 valence electrons. The molecule has 3 heterocycles. The lowest BCUT2D eigenvalue weighted by Crippen LogP contribution is -2.27. The molecule has 6 N–H and O–H groups in total. The summed E-state index contributed by atoms with van der Waals surface area (Å²) in [5, 5.41) is 16.4. The highest BCUT2D eigenvalue weighted by molar-refractivity contribution is 6.13. The zero-order valence-electron chi connectivity index (χ0n) is 17.4. The van der Waals surface area contributed by atoms with Crippen LogP contribution in [0, 0.1) is 10.8 Å². The van der Waals surface area contributed by atoms with Crippen molar-refractivity contribution in [3.8, 4) is 0 Å². The molecule has 2 atom stereocenters. The molecule has 2 aromatic rings. The zero-order valence-corrected chi connectivity index (χ0v) is 17.4. The number of nitrogen functional groups attached to an aromatic ring is 1. The van der Waals surface area contributed by atoms with Crippen LogP contribution in [0.5, 0.6) is 0 Å². The van der Waals surface area contributed by atoms with Gasteiger partial charge in [-0.05, 0) is 44.4 Å². The van der Waals surface area contributed by atoms with Crippen molar-refractivity contribution in [2.45, 2.75) is 38.1 Å². The van der Waals surface area contributed by atoms with Crippen molar-refractivity contribution in [1.29, 1.82) is 10.8 Å². The SMILES string of the molecule is CCN=CC(C=N)c1cc(C(=N)c2cccc(N3CCCC(N)CC3)n2)c(N)cn1. The van der Waals surface area contributed by atoms with Gasteiger partial charge in [-0.1, -0.05) is 6.07 Å². The van der Waals surface area contributed by atoms with Gasteiger partial charge in [-0.15, -0.1) is 0 Å². The number of nitrogens with two attached hydrogens (primary N) is 2. The van der Waals surface area contributed by atoms with Gasteiger partial charge in [0, 0.05) is 43.7 Å². The fourth-order valence-electron chi connectivity index (χ4n) is 3.53. The molecule has 0 spiro atoms. The van der Waals surface area contributed by atoms with Gasteiger partial charge in [0.15, 0.2) is 0 Å². The number of rotatable bonds is 7. The molecule has 8 heteroatoms. The highest BCUT2D eigenvalue weighted by Crippen LogP contribution is 2.22. The van der Waals surface area contributed by atoms with E-state index in [1.54, 1.807) is 12.3 Å². The molecule has 2 aromatic heterocycles. The van der Waals surface area contributed by atoms with Gasteiger partial charge >= 0.3 is 0 Å². The second-order valence-corrected chi connectivity index (χ2v) is 7.47. The van der Waals surface area contributed by atoms with Crippen LogP contribution in [0.15, 0.2) is 35.5 Å². The Morgan fingerprint density at radius 3 is 2.97 bits per heavy atom. The fourth-order valence-corrected chi connectivity index (χ4v) is 3.53. The Morgan fingerprint density at radius 1 is 1.37 bits per heavy atom. The molecule has 1 aliphatic rings. The van der Waals surface area contributed by atoms with E-state index in [2.05, 4.69) is 14.9 Å². The minimum Gasteiger partial charge on any atom is -0.397 e. The van der Waals surface area contributed by atoms with Crippen molar-refractivity contribution in [1.82, 2.24) is 9.97 Å². The smallest absolute Gasteiger partial charge is 0.129 e. The van der Waals surface area contributed by atoms with Crippen LogP contribution in [-0.2, 0) is 0 Å². The normalized spacial score (nSPS) is 18.2. The number of hydrogen-bond donors (Lipinski definition) is 4. The first-order chi connectivity index (χ1) is 14.5. The number of hydrogen-bond acceptors (Lipinski definition) is 8. The van der Waals surface area contributed by atoms with E-state index in [0.29, 0.717) is 29.2 Å². The van der Waals surface area contributed by atoms with E-state index in [1.165, 1.54) is 12.4 Å². The van der Waals surface area contributed by atoms with E-state index >= 15 is 0 Å². The summed E-state index contributed by atoms with van der Waals surface area (Å²) in [4.78, 5) is 15.5. The maximum absolute atomic E-state index is 8.73. The summed E-state index contributed by atoms with van der Waals surface area (Å²) >= 11 is 0. The molecule has 1 aliphatic heterocycles. The number of aliphatic imine (C=N–C) groups is 1. The Labute approximate surface area is 177 Å². The van der Waals surface area contributed by atoms with Gasteiger partial charge in [0.05, 0.1) is 34.9 Å². The number of pyridine rings is 2. The molecule has 1 saturated heterocycles. The highest BCUT2D eigenvalue weighted by atomic mass is 15.2. The standard InChI is InChI=1S/C22H30N8/c1-2-27-13-15(12-23)20-11-17(18(25)14-28-20)22(26)19-6-3-7-21(29-19)30-9-4-5-16(24)8-10-30/h3,6-7,11-16,23,26H,2,4-5,8-10,24-25H2,1H3. The monoisotopic (exact) mass is 406 g/mol. The van der Waals surface area contributed by atoms with E-state index in [-0.39, 0.29) is 17.7 Å². The van der Waals surface area contributed by atoms with E-state index in [9.17, 15) is 0 Å². The van der Waals surface area contributed by atoms with E-state index in [1.807, 2.05) is 25.1 Å². The maximum Gasteiger partial charge on any atom is 0.129 e. The summed E-state index contributed by atoms with van der Waals surface area (Å²) in [7, 11) is 0. The number of aromatic nitrogens is 2. The van der Waals surface area contributed by atoms with Gasteiger partial charge < -0.3 is 21.8 Å². The average molecular weight is 407 g/mol. The summed E-state index contributed by atoms with van der Waals surface area (Å²) in [6.07, 6.45) is 7.52. The first-order valence-electron chi connectivity index (χ1n) is 10.4. The number of nitrogens with zero attached hydrogens (tertiary/aromatic N) is 4. The molecule has 0 aromatic carbocycles. The summed E-state index contributed by atoms with van der Waals surface area (Å²) in [5.74, 6) is 0.504. The molecule has 0 saturated carbocycles. The molecular formula is C22H30N8. The second-order valence-electron chi connectivity index (χ2n) is 7.47. The largest absolute Gasteiger partial charge is 0.397 e. The van der Waals surface area contributed by atoms with Gasteiger partial charge in [-0.2, -0.15) is 0 Å². The Kier molecular flexibility index (Phi) is 7.24. The van der Waals surface area contributed by atoms with Crippen molar-refractivity contribution in [3.63, 3.8) is 0 Å². The Bertz CT molecular complexity index is 923. The molecule has 0 bridgehead atoms. The Balaban J connectivity index is 1.88. The van der Waals surface area contributed by atoms with Crippen molar-refractivity contribution in [2.24, 2.45) is 10.7 Å². The van der Waals surface area contributed by atoms with Gasteiger partial charge in [0.25, 0.3) is 0 Å². The molecule has 1 fully saturated rings. The third kappa shape index (κ3) is 5.07. The molecular weight excluding hydrogens is 376 g/mol. The summed E-state index contributed by atoms with van der Waals surface area (Å²) in [6.45, 7) is 4.35. The third-order valence-electron chi connectivity index (χ3n) is 5.28. The minimum absolute atomic E-state index is 0.237. The van der Waals surface area contributed by atoms with Crippen molar-refractivity contribution < 1.29 is 0 Å². The van der Waals surface area contributed by atoms with Crippen LogP contribution in [0.2, 0.25) is 0 Å². The van der Waals surface area contributed by atoms with Gasteiger partial charge in [0.2, 0.25) is 0 Å². The first kappa shape index (κ1) is 21.6. The molecule has 3 rings (SSSR count). The van der Waals surface area contributed by atoms with Gasteiger partial charge in [-0.3, -0.25) is 15.4 Å². The van der Waals surface area contributed by atoms with Crippen LogP contribution < -0.4 is 16.4 Å². The average Bonchev–Trinajstić information content (AvgIpc) is 2.99. The lowest BCUT2D eigenvalue weighted by Gasteiger charge is -2.22. The van der Waals surface area contributed by atoms with E-state index in [4.69, 9.17) is 27.3 Å². The summed E-state index contributed by atoms with van der Waals surface area (Å²) in [6, 6.07) is 7.71. The fraction of sp³-hybridized carbons (Fsp3) is 0.409. The van der Waals surface area contributed by atoms with Crippen molar-refractivity contribution in [2.75, 3.05) is 30.3 Å². The predicted octanol–water partition coefficient (Wildman–Crippen LogP) is 2.62. The topological polar surface area (TPSA) is 141 Å². The van der Waals surface area contributed by atoms with Crippen LogP contribution in [0.3, 0.4) is 0 Å². The van der Waals surface area contributed by atoms with Crippen LogP contribution in [-0.4, -0.2) is 53.8 Å². The van der Waals surface area contributed by atoms with Crippen LogP contribution >= 0.6 is 0 Å². The van der Waals surface area contributed by atoms with Crippen LogP contribution in [0.4, 0.5) is 11.5 Å². The molecule has 30 heavy (non-hydrogen) atoms. The van der Waals surface area contributed by atoms with E-state index < -0.39 is 0 Å². The molecule has 2 unspecified atom stereocenters. The minimum atomic E-state index is -0.349. The maximum atomic E-state index is 8.73. The molecule has 0 amide bonds. The summed E-state index contributed by atoms with van der Waals surface area (Å²) in [5.41, 5.74) is 14.6. The Morgan fingerprint density at radius 2 is 2.20 bits per heavy atom. The molecule has 0 aliphatic carbocycles. The third-order valence-corrected chi connectivity index (χ3v) is 5.28. The lowest BCUT2D eigenvalue weighted by atomic mass is 10.0. The first-order valence-corrected chi connectivity index (χ1v) is 10.4. The van der Waals surface area contributed by atoms with Gasteiger partial charge in [-0.25, -0.2) is 4.98 Å². The predicted molar refractivity (Wildman–Crippen MR) is 123 cm³/mol. The quantitative estimate of drug-likeness (QED) is 0.523. The van der Waals surface area contributed by atoms with Crippen LogP contribution in [0.25, 0.3) is 0 Å². The van der Waals surface area contributed by atoms with Crippen molar-refractivity contribution >= 4 is 29.6 Å². The lowest BCUT2D eigenvalue weighted by molar-refractivity contribution is 0.601. The van der Waals surface area contributed by atoms with Gasteiger partial charge in [0.1, 0.15) is 5.82 Å². The second kappa shape index (κ2) is 10.1. The van der Waals surface area contributed by atoms with Crippen molar-refractivity contribution in [3.05, 3.63) is 47.4 Å². The number of nitrogens with one attached hydrogen (secondary N) is 2. The highest BCUT2D eigenvalue weighted by Gasteiger charge is 2.18. The zero-order chi connectivity index (χ0) is 21.5. The summed E-state index contributed by atoms with van der Waals surface area (Å²) < 4.78 is 0. The van der Waals surface area contributed by atoms with Crippen LogP contribution in [0.1, 0.15) is 49.1 Å². The Hall–Kier alpha value is -3.13. The van der Waals surface area contributed by atoms with E-state index in [0.717, 1.165) is 38.2 Å².